The molecule has 20 heavy (non-hydrogen) atoms. The van der Waals surface area contributed by atoms with Crippen molar-refractivity contribution in [2.24, 2.45) is 0 Å². The van der Waals surface area contributed by atoms with Gasteiger partial charge in [0, 0.05) is 17.1 Å². The van der Waals surface area contributed by atoms with E-state index >= 15 is 0 Å². The molecule has 2 aromatic rings. The maximum Gasteiger partial charge on any atom is 0.150 e. The SMILES string of the molecule is Cc1cc(C#N)ccc1CNc1c(F)cc(F)cc1Br. The number of halogens is 3. The summed E-state index contributed by atoms with van der Waals surface area (Å²) in [5.41, 5.74) is 2.69. The molecule has 2 rings (SSSR count). The highest BCUT2D eigenvalue weighted by atomic mass is 79.9. The Hall–Kier alpha value is -1.93. The molecule has 0 fully saturated rings. The molecule has 0 heterocycles. The molecule has 0 aliphatic rings. The van der Waals surface area contributed by atoms with Crippen LogP contribution in [-0.4, -0.2) is 0 Å². The van der Waals surface area contributed by atoms with Crippen molar-refractivity contribution in [3.63, 3.8) is 0 Å². The summed E-state index contributed by atoms with van der Waals surface area (Å²) in [6, 6.07) is 9.40. The minimum Gasteiger partial charge on any atom is -0.378 e. The maximum absolute atomic E-state index is 13.7. The second-order valence-electron chi connectivity index (χ2n) is 4.35. The number of anilines is 1. The van der Waals surface area contributed by atoms with Gasteiger partial charge in [0.15, 0.2) is 0 Å². The number of hydrogen-bond donors (Lipinski definition) is 1. The molecule has 1 N–H and O–H groups in total. The largest absolute Gasteiger partial charge is 0.378 e. The van der Waals surface area contributed by atoms with Gasteiger partial charge in [0.25, 0.3) is 0 Å². The van der Waals surface area contributed by atoms with Crippen molar-refractivity contribution in [1.29, 1.82) is 5.26 Å². The summed E-state index contributed by atoms with van der Waals surface area (Å²) in [6.07, 6.45) is 0. The average molecular weight is 337 g/mol. The molecule has 0 radical (unpaired) electrons. The van der Waals surface area contributed by atoms with E-state index in [1.54, 1.807) is 12.1 Å². The fourth-order valence-electron chi connectivity index (χ4n) is 1.86. The molecule has 0 saturated heterocycles. The molecule has 5 heteroatoms. The minimum absolute atomic E-state index is 0.218. The van der Waals surface area contributed by atoms with Gasteiger partial charge in [0.05, 0.1) is 17.3 Å². The molecular formula is C15H11BrF2N2. The van der Waals surface area contributed by atoms with Gasteiger partial charge in [0.2, 0.25) is 0 Å². The van der Waals surface area contributed by atoms with Crippen LogP contribution < -0.4 is 5.32 Å². The van der Waals surface area contributed by atoms with Crippen molar-refractivity contribution in [2.45, 2.75) is 13.5 Å². The number of hydrogen-bond acceptors (Lipinski definition) is 2. The van der Waals surface area contributed by atoms with Crippen molar-refractivity contribution in [2.75, 3.05) is 5.32 Å². The number of rotatable bonds is 3. The third-order valence-corrected chi connectivity index (χ3v) is 3.56. The summed E-state index contributed by atoms with van der Waals surface area (Å²) in [7, 11) is 0. The summed E-state index contributed by atoms with van der Waals surface area (Å²) in [5.74, 6) is -1.28. The first-order valence-corrected chi connectivity index (χ1v) is 6.68. The Kier molecular flexibility index (Phi) is 4.35. The molecule has 0 aromatic heterocycles. The number of benzene rings is 2. The first-order chi connectivity index (χ1) is 9.51. The van der Waals surface area contributed by atoms with Crippen molar-refractivity contribution >= 4 is 21.6 Å². The van der Waals surface area contributed by atoms with E-state index in [2.05, 4.69) is 27.3 Å². The summed E-state index contributed by atoms with van der Waals surface area (Å²) in [6.45, 7) is 2.27. The van der Waals surface area contributed by atoms with Gasteiger partial charge in [-0.2, -0.15) is 5.26 Å². The Labute approximate surface area is 124 Å². The van der Waals surface area contributed by atoms with Crippen LogP contribution in [0.1, 0.15) is 16.7 Å². The molecule has 102 valence electrons. The van der Waals surface area contributed by atoms with Gasteiger partial charge in [-0.3, -0.25) is 0 Å². The van der Waals surface area contributed by atoms with Gasteiger partial charge in [-0.15, -0.1) is 0 Å². The van der Waals surface area contributed by atoms with Gasteiger partial charge >= 0.3 is 0 Å². The summed E-state index contributed by atoms with van der Waals surface area (Å²) >= 11 is 3.13. The lowest BCUT2D eigenvalue weighted by Crippen LogP contribution is -2.04. The molecule has 0 unspecified atom stereocenters. The highest BCUT2D eigenvalue weighted by molar-refractivity contribution is 9.10. The monoisotopic (exact) mass is 336 g/mol. The van der Waals surface area contributed by atoms with Crippen LogP contribution in [0.15, 0.2) is 34.8 Å². The van der Waals surface area contributed by atoms with Crippen LogP contribution in [-0.2, 0) is 6.54 Å². The lowest BCUT2D eigenvalue weighted by molar-refractivity contribution is 0.583. The minimum atomic E-state index is -0.650. The van der Waals surface area contributed by atoms with Crippen LogP contribution >= 0.6 is 15.9 Å². The van der Waals surface area contributed by atoms with Crippen LogP contribution in [0.2, 0.25) is 0 Å². The quantitative estimate of drug-likeness (QED) is 0.894. The zero-order chi connectivity index (χ0) is 14.7. The lowest BCUT2D eigenvalue weighted by Gasteiger charge is -2.12. The fourth-order valence-corrected chi connectivity index (χ4v) is 2.41. The van der Waals surface area contributed by atoms with Crippen molar-refractivity contribution in [3.05, 3.63) is 63.1 Å². The highest BCUT2D eigenvalue weighted by Crippen LogP contribution is 2.27. The Balaban J connectivity index is 2.20. The molecule has 0 atom stereocenters. The van der Waals surface area contributed by atoms with Gasteiger partial charge in [-0.1, -0.05) is 6.07 Å². The summed E-state index contributed by atoms with van der Waals surface area (Å²) in [5, 5.41) is 11.7. The maximum atomic E-state index is 13.7. The zero-order valence-electron chi connectivity index (χ0n) is 10.7. The molecule has 0 saturated carbocycles. The molecule has 2 aromatic carbocycles. The Bertz CT molecular complexity index is 670. The van der Waals surface area contributed by atoms with Crippen LogP contribution in [0.25, 0.3) is 0 Å². The molecule has 0 spiro atoms. The molecule has 0 aliphatic carbocycles. The standard InChI is InChI=1S/C15H11BrF2N2/c1-9-4-10(7-19)2-3-11(9)8-20-15-13(16)5-12(17)6-14(15)18/h2-6,20H,8H2,1H3. The van der Waals surface area contributed by atoms with Crippen LogP contribution in [0.4, 0.5) is 14.5 Å². The van der Waals surface area contributed by atoms with E-state index in [1.165, 1.54) is 6.07 Å². The Morgan fingerprint density at radius 2 is 2.00 bits per heavy atom. The molecule has 0 aliphatic heterocycles. The third kappa shape index (κ3) is 3.14. The van der Waals surface area contributed by atoms with Gasteiger partial charge < -0.3 is 5.32 Å². The molecule has 0 bridgehead atoms. The van der Waals surface area contributed by atoms with E-state index in [0.717, 1.165) is 17.2 Å². The van der Waals surface area contributed by atoms with E-state index in [0.29, 0.717) is 16.6 Å². The number of aryl methyl sites for hydroxylation is 1. The first kappa shape index (κ1) is 14.5. The number of nitrogens with one attached hydrogen (secondary N) is 1. The van der Waals surface area contributed by atoms with Gasteiger partial charge in [-0.05, 0) is 52.2 Å². The van der Waals surface area contributed by atoms with Crippen molar-refractivity contribution in [3.8, 4) is 6.07 Å². The van der Waals surface area contributed by atoms with E-state index < -0.39 is 11.6 Å². The smallest absolute Gasteiger partial charge is 0.150 e. The zero-order valence-corrected chi connectivity index (χ0v) is 12.3. The van der Waals surface area contributed by atoms with E-state index in [9.17, 15) is 8.78 Å². The van der Waals surface area contributed by atoms with Crippen LogP contribution in [0.5, 0.6) is 0 Å². The van der Waals surface area contributed by atoms with Gasteiger partial charge in [-0.25, -0.2) is 8.78 Å². The van der Waals surface area contributed by atoms with E-state index in [1.807, 2.05) is 13.0 Å². The second-order valence-corrected chi connectivity index (χ2v) is 5.21. The predicted molar refractivity (Wildman–Crippen MR) is 77.3 cm³/mol. The Morgan fingerprint density at radius 1 is 1.25 bits per heavy atom. The fraction of sp³-hybridized carbons (Fsp3) is 0.133. The molecule has 0 amide bonds. The normalized spacial score (nSPS) is 10.2. The summed E-state index contributed by atoms with van der Waals surface area (Å²) in [4.78, 5) is 0. The van der Waals surface area contributed by atoms with Crippen LogP contribution in [0.3, 0.4) is 0 Å². The van der Waals surface area contributed by atoms with Gasteiger partial charge in [0.1, 0.15) is 11.6 Å². The van der Waals surface area contributed by atoms with E-state index in [4.69, 9.17) is 5.26 Å². The summed E-state index contributed by atoms with van der Waals surface area (Å²) < 4.78 is 27.0. The first-order valence-electron chi connectivity index (χ1n) is 5.89. The Morgan fingerprint density at radius 3 is 2.60 bits per heavy atom. The average Bonchev–Trinajstić information content (AvgIpc) is 2.39. The van der Waals surface area contributed by atoms with Crippen molar-refractivity contribution < 1.29 is 8.78 Å². The number of nitrogens with zero attached hydrogens (tertiary/aromatic N) is 1. The second kappa shape index (κ2) is 6.02. The third-order valence-electron chi connectivity index (χ3n) is 2.93. The predicted octanol–water partition coefficient (Wildman–Crippen LogP) is 4.52. The number of nitriles is 1. The highest BCUT2D eigenvalue weighted by Gasteiger charge is 2.10. The van der Waals surface area contributed by atoms with E-state index in [-0.39, 0.29) is 5.69 Å². The molecule has 2 nitrogen and oxygen atoms in total. The molecular weight excluding hydrogens is 326 g/mol. The topological polar surface area (TPSA) is 35.8 Å². The van der Waals surface area contributed by atoms with Crippen LogP contribution in [0, 0.1) is 29.9 Å². The van der Waals surface area contributed by atoms with Crippen molar-refractivity contribution in [1.82, 2.24) is 0 Å². The lowest BCUT2D eigenvalue weighted by atomic mass is 10.1.